The zero-order chi connectivity index (χ0) is 22.2. The van der Waals surface area contributed by atoms with Crippen molar-refractivity contribution in [1.29, 1.82) is 0 Å². The van der Waals surface area contributed by atoms with Gasteiger partial charge in [-0.1, -0.05) is 18.2 Å². The maximum atomic E-state index is 13.6. The van der Waals surface area contributed by atoms with E-state index in [0.717, 1.165) is 61.1 Å². The van der Waals surface area contributed by atoms with Gasteiger partial charge in [-0.25, -0.2) is 9.67 Å². The standard InChI is InChI=1S/C23H29N7OS/c1-3-29-21-20(26-23(29)28-11-6-7-16(24)13-28)15(2)27-30(22(21)31)14-18-17-8-4-5-9-19(17)32-12-10-25-18/h4-5,8-9,16H,3,6-7,10-14,24H2,1-2H3. The summed E-state index contributed by atoms with van der Waals surface area (Å²) in [4.78, 5) is 26.7. The lowest BCUT2D eigenvalue weighted by Gasteiger charge is -2.31. The number of piperidine rings is 1. The zero-order valence-corrected chi connectivity index (χ0v) is 19.4. The minimum Gasteiger partial charge on any atom is -0.341 e. The average molecular weight is 452 g/mol. The van der Waals surface area contributed by atoms with Crippen molar-refractivity contribution in [2.45, 2.75) is 50.7 Å². The van der Waals surface area contributed by atoms with E-state index in [9.17, 15) is 4.79 Å². The lowest BCUT2D eigenvalue weighted by atomic mass is 10.1. The molecule has 2 aliphatic heterocycles. The first kappa shape index (κ1) is 21.2. The fourth-order valence-corrected chi connectivity index (χ4v) is 5.59. The number of nitrogens with two attached hydrogens (primary N) is 1. The highest BCUT2D eigenvalue weighted by atomic mass is 32.2. The number of rotatable bonds is 4. The summed E-state index contributed by atoms with van der Waals surface area (Å²) in [6.07, 6.45) is 2.06. The van der Waals surface area contributed by atoms with Crippen LogP contribution < -0.4 is 16.2 Å². The fraction of sp³-hybridized carbons (Fsp3) is 0.478. The van der Waals surface area contributed by atoms with Gasteiger partial charge in [-0.2, -0.15) is 5.10 Å². The van der Waals surface area contributed by atoms with Crippen LogP contribution in [0.2, 0.25) is 0 Å². The molecule has 3 aromatic rings. The van der Waals surface area contributed by atoms with Crippen molar-refractivity contribution in [1.82, 2.24) is 19.3 Å². The van der Waals surface area contributed by atoms with Crippen LogP contribution in [-0.4, -0.2) is 56.5 Å². The van der Waals surface area contributed by atoms with Gasteiger partial charge in [-0.15, -0.1) is 11.8 Å². The van der Waals surface area contributed by atoms with Crippen molar-refractivity contribution in [2.24, 2.45) is 10.7 Å². The highest BCUT2D eigenvalue weighted by Gasteiger charge is 2.25. The van der Waals surface area contributed by atoms with Crippen molar-refractivity contribution in [3.05, 3.63) is 45.9 Å². The van der Waals surface area contributed by atoms with Crippen LogP contribution >= 0.6 is 11.8 Å². The normalized spacial score (nSPS) is 19.0. The summed E-state index contributed by atoms with van der Waals surface area (Å²) < 4.78 is 3.59. The second-order valence-electron chi connectivity index (χ2n) is 8.42. The Morgan fingerprint density at radius 2 is 2.12 bits per heavy atom. The van der Waals surface area contributed by atoms with E-state index < -0.39 is 0 Å². The van der Waals surface area contributed by atoms with Gasteiger partial charge < -0.3 is 15.2 Å². The first-order chi connectivity index (χ1) is 15.6. The summed E-state index contributed by atoms with van der Waals surface area (Å²) >= 11 is 1.81. The Hall–Kier alpha value is -2.65. The Morgan fingerprint density at radius 1 is 1.28 bits per heavy atom. The Kier molecular flexibility index (Phi) is 5.77. The molecule has 2 N–H and O–H groups in total. The molecule has 32 heavy (non-hydrogen) atoms. The molecule has 9 heteroatoms. The first-order valence-electron chi connectivity index (χ1n) is 11.3. The van der Waals surface area contributed by atoms with Crippen LogP contribution in [0.1, 0.15) is 31.0 Å². The molecule has 4 heterocycles. The van der Waals surface area contributed by atoms with Gasteiger partial charge in [0.15, 0.2) is 0 Å². The number of thioether (sulfide) groups is 1. The minimum atomic E-state index is -0.121. The molecule has 168 valence electrons. The molecule has 0 bridgehead atoms. The van der Waals surface area contributed by atoms with Crippen molar-refractivity contribution in [3.63, 3.8) is 0 Å². The predicted molar refractivity (Wildman–Crippen MR) is 130 cm³/mol. The topological polar surface area (TPSA) is 94.3 Å². The number of aromatic nitrogens is 4. The number of benzene rings is 1. The number of nitrogens with zero attached hydrogens (tertiary/aromatic N) is 6. The Labute approximate surface area is 191 Å². The van der Waals surface area contributed by atoms with Crippen LogP contribution in [0.15, 0.2) is 38.9 Å². The smallest absolute Gasteiger partial charge is 0.293 e. The molecular formula is C23H29N7OS. The van der Waals surface area contributed by atoms with E-state index in [2.05, 4.69) is 29.1 Å². The van der Waals surface area contributed by atoms with Gasteiger partial charge >= 0.3 is 0 Å². The molecule has 0 radical (unpaired) electrons. The van der Waals surface area contributed by atoms with Crippen LogP contribution in [0, 0.1) is 6.92 Å². The van der Waals surface area contributed by atoms with Gasteiger partial charge in [0.25, 0.3) is 5.56 Å². The van der Waals surface area contributed by atoms with Crippen molar-refractivity contribution >= 4 is 34.5 Å². The maximum Gasteiger partial charge on any atom is 0.293 e. The van der Waals surface area contributed by atoms with Crippen molar-refractivity contribution < 1.29 is 0 Å². The van der Waals surface area contributed by atoms with Crippen LogP contribution in [0.5, 0.6) is 0 Å². The third-order valence-electron chi connectivity index (χ3n) is 6.20. The van der Waals surface area contributed by atoms with E-state index in [0.29, 0.717) is 24.1 Å². The second-order valence-corrected chi connectivity index (χ2v) is 9.56. The summed E-state index contributed by atoms with van der Waals surface area (Å²) in [5, 5.41) is 4.64. The van der Waals surface area contributed by atoms with Crippen LogP contribution in [-0.2, 0) is 13.1 Å². The average Bonchev–Trinajstić information content (AvgIpc) is 3.08. The Bertz CT molecular complexity index is 1250. The monoisotopic (exact) mass is 451 g/mol. The number of hydrogen-bond acceptors (Lipinski definition) is 7. The van der Waals surface area contributed by atoms with Crippen molar-refractivity contribution in [3.8, 4) is 0 Å². The summed E-state index contributed by atoms with van der Waals surface area (Å²) in [7, 11) is 0. The molecule has 0 spiro atoms. The molecule has 0 aliphatic carbocycles. The summed E-state index contributed by atoms with van der Waals surface area (Å²) in [6.45, 7) is 7.39. The number of aryl methyl sites for hydroxylation is 2. The highest BCUT2D eigenvalue weighted by Crippen LogP contribution is 2.27. The largest absolute Gasteiger partial charge is 0.341 e. The minimum absolute atomic E-state index is 0.121. The van der Waals surface area contributed by atoms with Crippen molar-refractivity contribution in [2.75, 3.05) is 30.3 Å². The molecule has 2 aliphatic rings. The van der Waals surface area contributed by atoms with E-state index in [-0.39, 0.29) is 11.6 Å². The molecule has 1 aromatic carbocycles. The number of anilines is 1. The van der Waals surface area contributed by atoms with Gasteiger partial charge in [0.05, 0.1) is 18.0 Å². The number of imidazole rings is 1. The second kappa shape index (κ2) is 8.71. The summed E-state index contributed by atoms with van der Waals surface area (Å²) in [5.41, 5.74) is 10.1. The van der Waals surface area contributed by atoms with Gasteiger partial charge in [0, 0.05) is 48.4 Å². The summed E-state index contributed by atoms with van der Waals surface area (Å²) in [5.74, 6) is 1.76. The highest BCUT2D eigenvalue weighted by molar-refractivity contribution is 7.99. The molecule has 8 nitrogen and oxygen atoms in total. The fourth-order valence-electron chi connectivity index (χ4n) is 4.68. The lowest BCUT2D eigenvalue weighted by molar-refractivity contribution is 0.494. The van der Waals surface area contributed by atoms with Gasteiger partial charge in [-0.05, 0) is 32.8 Å². The van der Waals surface area contributed by atoms with Crippen LogP contribution in [0.25, 0.3) is 11.0 Å². The van der Waals surface area contributed by atoms with E-state index >= 15 is 0 Å². The van der Waals surface area contributed by atoms with Crippen LogP contribution in [0.3, 0.4) is 0 Å². The number of aliphatic imine (C=N–C) groups is 1. The third-order valence-corrected chi connectivity index (χ3v) is 7.26. The summed E-state index contributed by atoms with van der Waals surface area (Å²) in [6, 6.07) is 8.40. The molecule has 2 aromatic heterocycles. The maximum absolute atomic E-state index is 13.6. The molecule has 1 saturated heterocycles. The lowest BCUT2D eigenvalue weighted by Crippen LogP contribution is -2.44. The first-order valence-corrected chi connectivity index (χ1v) is 12.3. The molecule has 1 unspecified atom stereocenters. The quantitative estimate of drug-likeness (QED) is 0.655. The van der Waals surface area contributed by atoms with Gasteiger partial charge in [0.2, 0.25) is 5.95 Å². The van der Waals surface area contributed by atoms with E-state index in [1.54, 1.807) is 16.4 Å². The molecule has 0 amide bonds. The molecule has 1 atom stereocenters. The van der Waals surface area contributed by atoms with Gasteiger partial charge in [-0.3, -0.25) is 9.79 Å². The molecule has 1 fully saturated rings. The van der Waals surface area contributed by atoms with E-state index in [1.165, 1.54) is 4.90 Å². The molecular weight excluding hydrogens is 422 g/mol. The number of hydrogen-bond donors (Lipinski definition) is 1. The zero-order valence-electron chi connectivity index (χ0n) is 18.6. The Balaban J connectivity index is 1.59. The Morgan fingerprint density at radius 3 is 2.94 bits per heavy atom. The number of fused-ring (bicyclic) bond motifs is 2. The SMILES string of the molecule is CCn1c(N2CCCC(N)C2)nc2c(C)nn(CC3=NCCSc4ccccc43)c(=O)c21. The molecule has 5 rings (SSSR count). The third kappa shape index (κ3) is 3.73. The molecule has 0 saturated carbocycles. The van der Waals surface area contributed by atoms with Gasteiger partial charge in [0.1, 0.15) is 11.0 Å². The van der Waals surface area contributed by atoms with Crippen LogP contribution in [0.4, 0.5) is 5.95 Å². The predicted octanol–water partition coefficient (Wildman–Crippen LogP) is 2.44. The van der Waals surface area contributed by atoms with E-state index in [4.69, 9.17) is 15.7 Å². The van der Waals surface area contributed by atoms with E-state index in [1.807, 2.05) is 23.6 Å².